The quantitative estimate of drug-likeness (QED) is 0.866. The molecular formula is C12H17BrN2O. The first kappa shape index (κ1) is 11.9. The van der Waals surface area contributed by atoms with Crippen molar-refractivity contribution in [3.05, 3.63) is 28.2 Å². The zero-order chi connectivity index (χ0) is 11.5. The summed E-state index contributed by atoms with van der Waals surface area (Å²) in [5.41, 5.74) is 7.91. The number of rotatable bonds is 3. The van der Waals surface area contributed by atoms with Gasteiger partial charge in [-0.25, -0.2) is 0 Å². The SMILES string of the molecule is COC1CCN(Cc2cccc(N)c2Br)C1. The molecule has 88 valence electrons. The summed E-state index contributed by atoms with van der Waals surface area (Å²) in [5.74, 6) is 0. The first-order valence-corrected chi connectivity index (χ1v) is 6.28. The summed E-state index contributed by atoms with van der Waals surface area (Å²) in [6.07, 6.45) is 1.51. The van der Waals surface area contributed by atoms with Crippen molar-refractivity contribution >= 4 is 21.6 Å². The normalized spacial score (nSPS) is 21.5. The lowest BCUT2D eigenvalue weighted by atomic mass is 10.2. The number of ether oxygens (including phenoxy) is 1. The third kappa shape index (κ3) is 2.56. The minimum Gasteiger partial charge on any atom is -0.398 e. The molecule has 1 aromatic carbocycles. The molecule has 16 heavy (non-hydrogen) atoms. The molecule has 1 aliphatic heterocycles. The molecule has 1 saturated heterocycles. The number of nitrogens with two attached hydrogens (primary N) is 1. The molecule has 1 heterocycles. The molecule has 2 N–H and O–H groups in total. The summed E-state index contributed by atoms with van der Waals surface area (Å²) >= 11 is 3.54. The second-order valence-corrected chi connectivity index (χ2v) is 4.99. The highest BCUT2D eigenvalue weighted by Crippen LogP contribution is 2.26. The Labute approximate surface area is 105 Å². The van der Waals surface area contributed by atoms with Gasteiger partial charge in [-0.2, -0.15) is 0 Å². The van der Waals surface area contributed by atoms with Gasteiger partial charge >= 0.3 is 0 Å². The van der Waals surface area contributed by atoms with E-state index in [2.05, 4.69) is 26.9 Å². The summed E-state index contributed by atoms with van der Waals surface area (Å²) in [6.45, 7) is 3.04. The number of hydrogen-bond donors (Lipinski definition) is 1. The zero-order valence-corrected chi connectivity index (χ0v) is 11.0. The molecule has 0 radical (unpaired) electrons. The van der Waals surface area contributed by atoms with E-state index in [1.54, 1.807) is 7.11 Å². The van der Waals surface area contributed by atoms with Crippen molar-refractivity contribution in [3.8, 4) is 0 Å². The Morgan fingerprint density at radius 3 is 3.06 bits per heavy atom. The highest BCUT2D eigenvalue weighted by atomic mass is 79.9. The molecule has 0 bridgehead atoms. The van der Waals surface area contributed by atoms with Gasteiger partial charge in [0.1, 0.15) is 0 Å². The summed E-state index contributed by atoms with van der Waals surface area (Å²) < 4.78 is 6.38. The number of benzene rings is 1. The van der Waals surface area contributed by atoms with Crippen molar-refractivity contribution in [2.45, 2.75) is 19.1 Å². The number of likely N-dealkylation sites (tertiary alicyclic amines) is 1. The van der Waals surface area contributed by atoms with Crippen LogP contribution in [-0.2, 0) is 11.3 Å². The molecule has 4 heteroatoms. The molecule has 0 aromatic heterocycles. The summed E-state index contributed by atoms with van der Waals surface area (Å²) in [6, 6.07) is 6.02. The summed E-state index contributed by atoms with van der Waals surface area (Å²) in [5, 5.41) is 0. The van der Waals surface area contributed by atoms with Crippen LogP contribution >= 0.6 is 15.9 Å². The number of nitrogens with zero attached hydrogens (tertiary/aromatic N) is 1. The van der Waals surface area contributed by atoms with E-state index >= 15 is 0 Å². The molecule has 1 fully saturated rings. The largest absolute Gasteiger partial charge is 0.398 e. The molecule has 1 aromatic rings. The molecule has 3 nitrogen and oxygen atoms in total. The molecule has 2 rings (SSSR count). The van der Waals surface area contributed by atoms with Crippen LogP contribution < -0.4 is 5.73 Å². The van der Waals surface area contributed by atoms with Crippen LogP contribution in [0.5, 0.6) is 0 Å². The molecule has 0 saturated carbocycles. The van der Waals surface area contributed by atoms with Gasteiger partial charge in [0.2, 0.25) is 0 Å². The highest BCUT2D eigenvalue weighted by molar-refractivity contribution is 9.10. The van der Waals surface area contributed by atoms with Crippen molar-refractivity contribution in [2.75, 3.05) is 25.9 Å². The number of anilines is 1. The molecule has 1 aliphatic rings. The van der Waals surface area contributed by atoms with E-state index < -0.39 is 0 Å². The van der Waals surface area contributed by atoms with E-state index in [1.807, 2.05) is 12.1 Å². The van der Waals surface area contributed by atoms with Crippen LogP contribution in [0.1, 0.15) is 12.0 Å². The van der Waals surface area contributed by atoms with Gasteiger partial charge in [0.15, 0.2) is 0 Å². The average molecular weight is 285 g/mol. The fraction of sp³-hybridized carbons (Fsp3) is 0.500. The smallest absolute Gasteiger partial charge is 0.0710 e. The maximum Gasteiger partial charge on any atom is 0.0710 e. The Kier molecular flexibility index (Phi) is 3.84. The number of nitrogen functional groups attached to an aromatic ring is 1. The van der Waals surface area contributed by atoms with Crippen LogP contribution in [-0.4, -0.2) is 31.2 Å². The monoisotopic (exact) mass is 284 g/mol. The van der Waals surface area contributed by atoms with Gasteiger partial charge in [0.05, 0.1) is 6.10 Å². The van der Waals surface area contributed by atoms with Gasteiger partial charge in [-0.3, -0.25) is 4.90 Å². The van der Waals surface area contributed by atoms with Crippen molar-refractivity contribution < 1.29 is 4.74 Å². The zero-order valence-electron chi connectivity index (χ0n) is 9.45. The maximum atomic E-state index is 5.86. The Balaban J connectivity index is 2.02. The average Bonchev–Trinajstić information content (AvgIpc) is 2.73. The first-order chi connectivity index (χ1) is 7.70. The fourth-order valence-corrected chi connectivity index (χ4v) is 2.49. The van der Waals surface area contributed by atoms with Gasteiger partial charge in [-0.15, -0.1) is 0 Å². The van der Waals surface area contributed by atoms with Crippen molar-refractivity contribution in [1.29, 1.82) is 0 Å². The van der Waals surface area contributed by atoms with Gasteiger partial charge < -0.3 is 10.5 Å². The second kappa shape index (κ2) is 5.17. The molecule has 0 amide bonds. The van der Waals surface area contributed by atoms with Crippen molar-refractivity contribution in [3.63, 3.8) is 0 Å². The Morgan fingerprint density at radius 1 is 1.56 bits per heavy atom. The van der Waals surface area contributed by atoms with Gasteiger partial charge in [0.25, 0.3) is 0 Å². The molecule has 1 atom stereocenters. The number of halogens is 1. The fourth-order valence-electron chi connectivity index (χ4n) is 2.10. The van der Waals surface area contributed by atoms with Crippen LogP contribution in [0.2, 0.25) is 0 Å². The number of methoxy groups -OCH3 is 1. The Morgan fingerprint density at radius 2 is 2.38 bits per heavy atom. The Hall–Kier alpha value is -0.580. The molecular weight excluding hydrogens is 268 g/mol. The lowest BCUT2D eigenvalue weighted by Gasteiger charge is -2.17. The predicted molar refractivity (Wildman–Crippen MR) is 69.2 cm³/mol. The molecule has 0 spiro atoms. The van der Waals surface area contributed by atoms with Crippen molar-refractivity contribution in [1.82, 2.24) is 4.90 Å². The van der Waals surface area contributed by atoms with E-state index in [4.69, 9.17) is 10.5 Å². The summed E-state index contributed by atoms with van der Waals surface area (Å²) in [7, 11) is 1.78. The van der Waals surface area contributed by atoms with Crippen LogP contribution in [0.3, 0.4) is 0 Å². The van der Waals surface area contributed by atoms with E-state index in [9.17, 15) is 0 Å². The van der Waals surface area contributed by atoms with E-state index in [0.717, 1.165) is 36.2 Å². The standard InChI is InChI=1S/C12H17BrN2O/c1-16-10-5-6-15(8-10)7-9-3-2-4-11(14)12(9)13/h2-4,10H,5-8,14H2,1H3. The third-order valence-corrected chi connectivity index (χ3v) is 4.03. The second-order valence-electron chi connectivity index (χ2n) is 4.20. The Bertz CT molecular complexity index is 370. The molecule has 0 aliphatic carbocycles. The first-order valence-electron chi connectivity index (χ1n) is 5.48. The van der Waals surface area contributed by atoms with Crippen molar-refractivity contribution in [2.24, 2.45) is 0 Å². The van der Waals surface area contributed by atoms with Crippen LogP contribution in [0.4, 0.5) is 5.69 Å². The summed E-state index contributed by atoms with van der Waals surface area (Å²) in [4.78, 5) is 2.40. The highest BCUT2D eigenvalue weighted by Gasteiger charge is 2.22. The van der Waals surface area contributed by atoms with Gasteiger partial charge in [-0.05, 0) is 34.0 Å². The maximum absolute atomic E-state index is 5.86. The van der Waals surface area contributed by atoms with Crippen LogP contribution in [0, 0.1) is 0 Å². The lowest BCUT2D eigenvalue weighted by molar-refractivity contribution is 0.107. The van der Waals surface area contributed by atoms with Crippen LogP contribution in [0.15, 0.2) is 22.7 Å². The molecule has 1 unspecified atom stereocenters. The third-order valence-electron chi connectivity index (χ3n) is 3.06. The minimum absolute atomic E-state index is 0.389. The predicted octanol–water partition coefficient (Wildman–Crippen LogP) is 2.25. The van der Waals surface area contributed by atoms with E-state index in [1.165, 1.54) is 5.56 Å². The van der Waals surface area contributed by atoms with E-state index in [0.29, 0.717) is 6.10 Å². The van der Waals surface area contributed by atoms with Gasteiger partial charge in [0, 0.05) is 36.9 Å². The van der Waals surface area contributed by atoms with E-state index in [-0.39, 0.29) is 0 Å². The number of hydrogen-bond acceptors (Lipinski definition) is 3. The topological polar surface area (TPSA) is 38.5 Å². The van der Waals surface area contributed by atoms with Gasteiger partial charge in [-0.1, -0.05) is 12.1 Å². The lowest BCUT2D eigenvalue weighted by Crippen LogP contribution is -2.22. The minimum atomic E-state index is 0.389. The van der Waals surface area contributed by atoms with Crippen LogP contribution in [0.25, 0.3) is 0 Å².